The van der Waals surface area contributed by atoms with Gasteiger partial charge in [-0.05, 0) is 55.9 Å². The van der Waals surface area contributed by atoms with Crippen molar-refractivity contribution in [3.63, 3.8) is 0 Å². The number of nitrogens with zero attached hydrogens (tertiary/aromatic N) is 3. The monoisotopic (exact) mass is 418 g/mol. The number of carbonyl (C=O) groups excluding carboxylic acids is 1. The van der Waals surface area contributed by atoms with Crippen LogP contribution in [-0.4, -0.2) is 46.6 Å². The van der Waals surface area contributed by atoms with Gasteiger partial charge in [-0.15, -0.1) is 0 Å². The Hall–Kier alpha value is -3.02. The Morgan fingerprint density at radius 1 is 1.19 bits per heavy atom. The first-order valence-electron chi connectivity index (χ1n) is 11.3. The quantitative estimate of drug-likeness (QED) is 0.668. The SMILES string of the molecule is COc1cccc(-c2nc([C@@H]3CCCN(C(=O)NC4CC(C)C4)C3)n3ccccc23)c1. The molecule has 2 aliphatic rings. The molecule has 0 radical (unpaired) electrons. The summed E-state index contributed by atoms with van der Waals surface area (Å²) in [7, 11) is 1.68. The van der Waals surface area contributed by atoms with E-state index in [-0.39, 0.29) is 11.9 Å². The summed E-state index contributed by atoms with van der Waals surface area (Å²) in [6.45, 7) is 3.76. The van der Waals surface area contributed by atoms with Crippen LogP contribution in [-0.2, 0) is 0 Å². The summed E-state index contributed by atoms with van der Waals surface area (Å²) >= 11 is 0. The number of hydrogen-bond donors (Lipinski definition) is 1. The molecule has 6 nitrogen and oxygen atoms in total. The number of piperidine rings is 1. The predicted molar refractivity (Wildman–Crippen MR) is 121 cm³/mol. The van der Waals surface area contributed by atoms with Gasteiger partial charge in [-0.2, -0.15) is 0 Å². The Labute approximate surface area is 183 Å². The molecular formula is C25H30N4O2. The summed E-state index contributed by atoms with van der Waals surface area (Å²) in [6, 6.07) is 14.7. The lowest BCUT2D eigenvalue weighted by Crippen LogP contribution is -2.51. The first kappa shape index (κ1) is 19.9. The van der Waals surface area contributed by atoms with E-state index in [1.54, 1.807) is 7.11 Å². The third kappa shape index (κ3) is 3.87. The Balaban J connectivity index is 1.42. The van der Waals surface area contributed by atoms with Crippen LogP contribution in [0.2, 0.25) is 0 Å². The first-order chi connectivity index (χ1) is 15.1. The number of ether oxygens (including phenoxy) is 1. The molecule has 3 heterocycles. The molecule has 162 valence electrons. The van der Waals surface area contributed by atoms with Gasteiger partial charge >= 0.3 is 6.03 Å². The van der Waals surface area contributed by atoms with Gasteiger partial charge in [0.15, 0.2) is 0 Å². The summed E-state index contributed by atoms with van der Waals surface area (Å²) in [5, 5.41) is 3.22. The standard InChI is InChI=1S/C25H30N4O2/c1-17-13-20(14-17)26-25(30)28-11-6-8-19(16-28)24-27-23(22-10-3-4-12-29(22)24)18-7-5-9-21(15-18)31-2/h3-5,7,9-10,12,15,17,19-20H,6,8,11,13-14,16H2,1-2H3,(H,26,30)/t17?,19-,20?/m1/s1. The molecule has 3 aromatic rings. The highest BCUT2D eigenvalue weighted by atomic mass is 16.5. The topological polar surface area (TPSA) is 58.9 Å². The van der Waals surface area contributed by atoms with Gasteiger partial charge in [0.1, 0.15) is 11.6 Å². The molecule has 1 atom stereocenters. The van der Waals surface area contributed by atoms with Crippen LogP contribution in [0.1, 0.15) is 44.3 Å². The molecule has 2 fully saturated rings. The van der Waals surface area contributed by atoms with Crippen molar-refractivity contribution in [2.24, 2.45) is 5.92 Å². The third-order valence-electron chi connectivity index (χ3n) is 6.69. The minimum Gasteiger partial charge on any atom is -0.497 e. The second kappa shape index (κ2) is 8.25. The zero-order valence-electron chi connectivity index (χ0n) is 18.3. The Bertz CT molecular complexity index is 1090. The number of aromatic nitrogens is 2. The fraction of sp³-hybridized carbons (Fsp3) is 0.440. The maximum atomic E-state index is 12.8. The molecule has 0 spiro atoms. The molecule has 2 amide bonds. The molecule has 1 aliphatic heterocycles. The largest absolute Gasteiger partial charge is 0.497 e. The first-order valence-corrected chi connectivity index (χ1v) is 11.3. The van der Waals surface area contributed by atoms with E-state index in [1.165, 1.54) is 0 Å². The average molecular weight is 419 g/mol. The number of methoxy groups -OCH3 is 1. The van der Waals surface area contributed by atoms with Crippen LogP contribution in [0.4, 0.5) is 4.79 Å². The van der Waals surface area contributed by atoms with E-state index >= 15 is 0 Å². The van der Waals surface area contributed by atoms with Crippen molar-refractivity contribution in [3.05, 3.63) is 54.5 Å². The van der Waals surface area contributed by atoms with Crippen molar-refractivity contribution in [2.75, 3.05) is 20.2 Å². The van der Waals surface area contributed by atoms with E-state index in [1.807, 2.05) is 35.2 Å². The van der Waals surface area contributed by atoms with Gasteiger partial charge in [-0.25, -0.2) is 9.78 Å². The van der Waals surface area contributed by atoms with Crippen molar-refractivity contribution >= 4 is 11.5 Å². The van der Waals surface area contributed by atoms with E-state index in [2.05, 4.69) is 35.0 Å². The van der Waals surface area contributed by atoms with Gasteiger partial charge in [0, 0.05) is 36.8 Å². The van der Waals surface area contributed by atoms with E-state index in [0.29, 0.717) is 12.6 Å². The molecule has 0 bridgehead atoms. The van der Waals surface area contributed by atoms with Gasteiger partial charge in [-0.1, -0.05) is 25.1 Å². The second-order valence-corrected chi connectivity index (χ2v) is 9.01. The van der Waals surface area contributed by atoms with Crippen LogP contribution >= 0.6 is 0 Å². The molecule has 31 heavy (non-hydrogen) atoms. The van der Waals surface area contributed by atoms with Crippen LogP contribution in [0, 0.1) is 5.92 Å². The molecule has 6 heteroatoms. The van der Waals surface area contributed by atoms with E-state index in [4.69, 9.17) is 9.72 Å². The molecule has 0 unspecified atom stereocenters. The van der Waals surface area contributed by atoms with Crippen molar-refractivity contribution < 1.29 is 9.53 Å². The molecule has 1 aromatic carbocycles. The lowest BCUT2D eigenvalue weighted by molar-refractivity contribution is 0.160. The average Bonchev–Trinajstić information content (AvgIpc) is 3.18. The van der Waals surface area contributed by atoms with Crippen LogP contribution < -0.4 is 10.1 Å². The summed E-state index contributed by atoms with van der Waals surface area (Å²) < 4.78 is 7.61. The molecule has 1 aliphatic carbocycles. The van der Waals surface area contributed by atoms with Gasteiger partial charge in [-0.3, -0.25) is 0 Å². The fourth-order valence-corrected chi connectivity index (χ4v) is 4.99. The fourth-order valence-electron chi connectivity index (χ4n) is 4.99. The summed E-state index contributed by atoms with van der Waals surface area (Å²) in [5.41, 5.74) is 3.08. The number of urea groups is 1. The molecule has 1 saturated carbocycles. The Kier molecular flexibility index (Phi) is 5.30. The van der Waals surface area contributed by atoms with Crippen LogP contribution in [0.15, 0.2) is 48.7 Å². The van der Waals surface area contributed by atoms with E-state index in [9.17, 15) is 4.79 Å². The lowest BCUT2D eigenvalue weighted by Gasteiger charge is -2.37. The van der Waals surface area contributed by atoms with Crippen molar-refractivity contribution in [1.29, 1.82) is 0 Å². The zero-order chi connectivity index (χ0) is 21.4. The number of carbonyl (C=O) groups is 1. The summed E-state index contributed by atoms with van der Waals surface area (Å²) in [6.07, 6.45) is 6.30. The smallest absolute Gasteiger partial charge is 0.317 e. The molecule has 1 saturated heterocycles. The number of nitrogens with one attached hydrogen (secondary N) is 1. The number of hydrogen-bond acceptors (Lipinski definition) is 3. The van der Waals surface area contributed by atoms with Crippen LogP contribution in [0.5, 0.6) is 5.75 Å². The minimum atomic E-state index is 0.0791. The lowest BCUT2D eigenvalue weighted by atomic mass is 9.82. The number of imidazole rings is 1. The number of rotatable bonds is 4. The van der Waals surface area contributed by atoms with Gasteiger partial charge in [0.05, 0.1) is 18.3 Å². The highest BCUT2D eigenvalue weighted by Gasteiger charge is 2.32. The highest BCUT2D eigenvalue weighted by Crippen LogP contribution is 2.33. The Morgan fingerprint density at radius 3 is 2.87 bits per heavy atom. The van der Waals surface area contributed by atoms with Gasteiger partial charge < -0.3 is 19.4 Å². The van der Waals surface area contributed by atoms with Gasteiger partial charge in [0.2, 0.25) is 0 Å². The normalized spacial score (nSPS) is 23.4. The minimum absolute atomic E-state index is 0.0791. The summed E-state index contributed by atoms with van der Waals surface area (Å²) in [4.78, 5) is 19.9. The third-order valence-corrected chi connectivity index (χ3v) is 6.69. The zero-order valence-corrected chi connectivity index (χ0v) is 18.3. The maximum Gasteiger partial charge on any atom is 0.317 e. The number of amides is 2. The van der Waals surface area contributed by atoms with Crippen LogP contribution in [0.3, 0.4) is 0 Å². The number of pyridine rings is 1. The van der Waals surface area contributed by atoms with Gasteiger partial charge in [0.25, 0.3) is 0 Å². The second-order valence-electron chi connectivity index (χ2n) is 9.01. The van der Waals surface area contributed by atoms with Crippen LogP contribution in [0.25, 0.3) is 16.8 Å². The van der Waals surface area contributed by atoms with Crippen molar-refractivity contribution in [2.45, 2.75) is 44.6 Å². The van der Waals surface area contributed by atoms with Crippen molar-refractivity contribution in [3.8, 4) is 17.0 Å². The Morgan fingerprint density at radius 2 is 2.06 bits per heavy atom. The maximum absolute atomic E-state index is 12.8. The number of likely N-dealkylation sites (tertiary alicyclic amines) is 1. The molecule has 2 aromatic heterocycles. The van der Waals surface area contributed by atoms with E-state index < -0.39 is 0 Å². The molecular weight excluding hydrogens is 388 g/mol. The molecule has 5 rings (SSSR count). The summed E-state index contributed by atoms with van der Waals surface area (Å²) in [5.74, 6) is 2.80. The number of benzene rings is 1. The van der Waals surface area contributed by atoms with Crippen molar-refractivity contribution in [1.82, 2.24) is 19.6 Å². The predicted octanol–water partition coefficient (Wildman–Crippen LogP) is 4.70. The molecule has 1 N–H and O–H groups in total. The highest BCUT2D eigenvalue weighted by molar-refractivity contribution is 5.78. The number of fused-ring (bicyclic) bond motifs is 1. The van der Waals surface area contributed by atoms with E-state index in [0.717, 1.165) is 66.5 Å².